The minimum Gasteiger partial charge on any atom is -0.348 e. The standard InChI is InChI=1S/C14H20N2O2/c1-5-10-7-11(13(17)15-8-9(3)4)14(18)16-12(10)6-2/h7H,3,5-6,8H2,1-2,4H3,(H,15,17)(H,16,18). The predicted molar refractivity (Wildman–Crippen MR) is 73.0 cm³/mol. The fourth-order valence-electron chi connectivity index (χ4n) is 1.74. The van der Waals surface area contributed by atoms with Gasteiger partial charge in [-0.05, 0) is 31.4 Å². The molecule has 18 heavy (non-hydrogen) atoms. The topological polar surface area (TPSA) is 62.0 Å². The first kappa shape index (κ1) is 14.2. The zero-order chi connectivity index (χ0) is 13.7. The van der Waals surface area contributed by atoms with Crippen LogP contribution in [0.15, 0.2) is 23.0 Å². The monoisotopic (exact) mass is 248 g/mol. The maximum Gasteiger partial charge on any atom is 0.261 e. The van der Waals surface area contributed by atoms with Gasteiger partial charge in [0.15, 0.2) is 0 Å². The van der Waals surface area contributed by atoms with Crippen molar-refractivity contribution in [1.82, 2.24) is 10.3 Å². The molecular formula is C14H20N2O2. The molecule has 1 aromatic rings. The van der Waals surface area contributed by atoms with E-state index in [-0.39, 0.29) is 17.0 Å². The second kappa shape index (κ2) is 6.19. The molecule has 0 atom stereocenters. The molecule has 0 radical (unpaired) electrons. The number of aromatic nitrogens is 1. The predicted octanol–water partition coefficient (Wildman–Crippen LogP) is 1.81. The summed E-state index contributed by atoms with van der Waals surface area (Å²) in [6, 6.07) is 1.69. The largest absolute Gasteiger partial charge is 0.348 e. The summed E-state index contributed by atoms with van der Waals surface area (Å²) in [6.07, 6.45) is 1.55. The fraction of sp³-hybridized carbons (Fsp3) is 0.429. The lowest BCUT2D eigenvalue weighted by Crippen LogP contribution is -2.31. The minimum absolute atomic E-state index is 0.172. The maximum absolute atomic E-state index is 11.9. The van der Waals surface area contributed by atoms with E-state index in [1.54, 1.807) is 6.07 Å². The Morgan fingerprint density at radius 3 is 2.56 bits per heavy atom. The van der Waals surface area contributed by atoms with E-state index in [9.17, 15) is 9.59 Å². The van der Waals surface area contributed by atoms with Gasteiger partial charge in [-0.3, -0.25) is 9.59 Å². The second-order valence-electron chi connectivity index (χ2n) is 4.36. The highest BCUT2D eigenvalue weighted by atomic mass is 16.2. The van der Waals surface area contributed by atoms with Gasteiger partial charge in [0.05, 0.1) is 0 Å². The SMILES string of the molecule is C=C(C)CNC(=O)c1cc(CC)c(CC)[nH]c1=O. The molecule has 4 nitrogen and oxygen atoms in total. The highest BCUT2D eigenvalue weighted by molar-refractivity contribution is 5.94. The number of H-pyrrole nitrogens is 1. The molecule has 0 aliphatic rings. The second-order valence-corrected chi connectivity index (χ2v) is 4.36. The number of aryl methyl sites for hydroxylation is 2. The molecule has 0 saturated carbocycles. The molecule has 1 aromatic heterocycles. The lowest BCUT2D eigenvalue weighted by atomic mass is 10.1. The highest BCUT2D eigenvalue weighted by Crippen LogP contribution is 2.07. The molecule has 0 aliphatic carbocycles. The van der Waals surface area contributed by atoms with Gasteiger partial charge < -0.3 is 10.3 Å². The van der Waals surface area contributed by atoms with Crippen molar-refractivity contribution in [3.05, 3.63) is 45.4 Å². The van der Waals surface area contributed by atoms with Crippen LogP contribution in [0.2, 0.25) is 0 Å². The van der Waals surface area contributed by atoms with Crippen LogP contribution in [-0.2, 0) is 12.8 Å². The van der Waals surface area contributed by atoms with E-state index in [1.165, 1.54) is 0 Å². The molecule has 2 N–H and O–H groups in total. The van der Waals surface area contributed by atoms with Gasteiger partial charge >= 0.3 is 0 Å². The Balaban J connectivity index is 3.05. The van der Waals surface area contributed by atoms with Gasteiger partial charge in [-0.1, -0.05) is 26.0 Å². The summed E-state index contributed by atoms with van der Waals surface area (Å²) in [7, 11) is 0. The van der Waals surface area contributed by atoms with Crippen LogP contribution in [0.3, 0.4) is 0 Å². The summed E-state index contributed by atoms with van der Waals surface area (Å²) in [5.74, 6) is -0.350. The Morgan fingerprint density at radius 1 is 1.39 bits per heavy atom. The Labute approximate surface area is 107 Å². The van der Waals surface area contributed by atoms with E-state index in [1.807, 2.05) is 20.8 Å². The van der Waals surface area contributed by atoms with E-state index in [4.69, 9.17) is 0 Å². The number of hydrogen-bond acceptors (Lipinski definition) is 2. The Hall–Kier alpha value is -1.84. The van der Waals surface area contributed by atoms with Crippen molar-refractivity contribution < 1.29 is 4.79 Å². The third kappa shape index (κ3) is 3.32. The molecule has 4 heteroatoms. The van der Waals surface area contributed by atoms with Gasteiger partial charge in [-0.2, -0.15) is 0 Å². The summed E-state index contributed by atoms with van der Waals surface area (Å²) < 4.78 is 0. The minimum atomic E-state index is -0.350. The molecule has 0 spiro atoms. The van der Waals surface area contributed by atoms with Gasteiger partial charge in [0.2, 0.25) is 0 Å². The average Bonchev–Trinajstić information content (AvgIpc) is 2.35. The van der Waals surface area contributed by atoms with E-state index < -0.39 is 0 Å². The van der Waals surface area contributed by atoms with Crippen LogP contribution in [0.5, 0.6) is 0 Å². The molecule has 1 rings (SSSR count). The van der Waals surface area contributed by atoms with Gasteiger partial charge in [-0.25, -0.2) is 0 Å². The number of hydrogen-bond donors (Lipinski definition) is 2. The molecule has 0 saturated heterocycles. The van der Waals surface area contributed by atoms with Crippen molar-refractivity contribution in [1.29, 1.82) is 0 Å². The molecule has 0 aromatic carbocycles. The Morgan fingerprint density at radius 2 is 2.06 bits per heavy atom. The van der Waals surface area contributed by atoms with Crippen LogP contribution in [0.25, 0.3) is 0 Å². The first-order valence-corrected chi connectivity index (χ1v) is 6.17. The third-order valence-corrected chi connectivity index (χ3v) is 2.75. The van der Waals surface area contributed by atoms with Crippen LogP contribution >= 0.6 is 0 Å². The number of rotatable bonds is 5. The molecule has 0 fully saturated rings. The van der Waals surface area contributed by atoms with Crippen LogP contribution in [0, 0.1) is 0 Å². The molecule has 1 heterocycles. The smallest absolute Gasteiger partial charge is 0.261 e. The van der Waals surface area contributed by atoms with Crippen LogP contribution in [0.4, 0.5) is 0 Å². The number of amides is 1. The summed E-state index contributed by atoms with van der Waals surface area (Å²) >= 11 is 0. The normalized spacial score (nSPS) is 10.2. The fourth-order valence-corrected chi connectivity index (χ4v) is 1.74. The van der Waals surface area contributed by atoms with Crippen LogP contribution < -0.4 is 10.9 Å². The number of carbonyl (C=O) groups excluding carboxylic acids is 1. The zero-order valence-electron chi connectivity index (χ0n) is 11.2. The lowest BCUT2D eigenvalue weighted by Gasteiger charge is -2.09. The van der Waals surface area contributed by atoms with Crippen molar-refractivity contribution in [3.63, 3.8) is 0 Å². The summed E-state index contributed by atoms with van der Waals surface area (Å²) in [6.45, 7) is 9.89. The number of pyridine rings is 1. The van der Waals surface area contributed by atoms with E-state index in [0.717, 1.165) is 29.7 Å². The first-order chi connectivity index (χ1) is 8.49. The van der Waals surface area contributed by atoms with Crippen molar-refractivity contribution in [2.45, 2.75) is 33.6 Å². The van der Waals surface area contributed by atoms with Crippen LogP contribution in [-0.4, -0.2) is 17.4 Å². The van der Waals surface area contributed by atoms with E-state index >= 15 is 0 Å². The maximum atomic E-state index is 11.9. The number of carbonyl (C=O) groups is 1. The van der Waals surface area contributed by atoms with Gasteiger partial charge in [0.25, 0.3) is 11.5 Å². The third-order valence-electron chi connectivity index (χ3n) is 2.75. The first-order valence-electron chi connectivity index (χ1n) is 6.17. The van der Waals surface area contributed by atoms with Crippen molar-refractivity contribution in [3.8, 4) is 0 Å². The van der Waals surface area contributed by atoms with Crippen molar-refractivity contribution in [2.24, 2.45) is 0 Å². The average molecular weight is 248 g/mol. The molecule has 0 bridgehead atoms. The molecule has 98 valence electrons. The van der Waals surface area contributed by atoms with Crippen molar-refractivity contribution in [2.75, 3.05) is 6.54 Å². The van der Waals surface area contributed by atoms with Gasteiger partial charge in [0.1, 0.15) is 5.56 Å². The van der Waals surface area contributed by atoms with Gasteiger partial charge in [0, 0.05) is 12.2 Å². The Bertz CT molecular complexity index is 515. The quantitative estimate of drug-likeness (QED) is 0.781. The number of nitrogens with one attached hydrogen (secondary N) is 2. The highest BCUT2D eigenvalue weighted by Gasteiger charge is 2.13. The zero-order valence-corrected chi connectivity index (χ0v) is 11.2. The molecule has 0 unspecified atom stereocenters. The Kier molecular flexibility index (Phi) is 4.89. The summed E-state index contributed by atoms with van der Waals surface area (Å²) in [5.41, 5.74) is 2.60. The van der Waals surface area contributed by atoms with E-state index in [0.29, 0.717) is 6.54 Å². The van der Waals surface area contributed by atoms with Crippen molar-refractivity contribution >= 4 is 5.91 Å². The summed E-state index contributed by atoms with van der Waals surface area (Å²) in [4.78, 5) is 26.5. The van der Waals surface area contributed by atoms with Gasteiger partial charge in [-0.15, -0.1) is 0 Å². The summed E-state index contributed by atoms with van der Waals surface area (Å²) in [5, 5.41) is 2.67. The lowest BCUT2D eigenvalue weighted by molar-refractivity contribution is 0.0955. The molecule has 1 amide bonds. The van der Waals surface area contributed by atoms with E-state index in [2.05, 4.69) is 16.9 Å². The number of aromatic amines is 1. The molecular weight excluding hydrogens is 228 g/mol. The van der Waals surface area contributed by atoms with Crippen LogP contribution in [0.1, 0.15) is 42.4 Å². The molecule has 0 aliphatic heterocycles.